The molecule has 39 heavy (non-hydrogen) atoms. The maximum atomic E-state index is 11.0. The first-order valence-corrected chi connectivity index (χ1v) is 13.0. The van der Waals surface area contributed by atoms with Crippen LogP contribution in [0.2, 0.25) is 10.0 Å². The zero-order chi connectivity index (χ0) is 25.1. The van der Waals surface area contributed by atoms with E-state index in [0.29, 0.717) is 12.2 Å². The highest BCUT2D eigenvalue weighted by Gasteiger charge is 2.28. The zero-order valence-corrected chi connectivity index (χ0v) is 25.4. The van der Waals surface area contributed by atoms with Crippen molar-refractivity contribution in [2.75, 3.05) is 32.7 Å². The van der Waals surface area contributed by atoms with E-state index in [1.165, 1.54) is 0 Å². The average molecular weight is 631 g/mol. The van der Waals surface area contributed by atoms with E-state index in [4.69, 9.17) is 28.2 Å². The summed E-state index contributed by atoms with van der Waals surface area (Å²) in [6.07, 6.45) is -0.651. The number of aromatic amines is 1. The van der Waals surface area contributed by atoms with Gasteiger partial charge in [0.15, 0.2) is 0 Å². The topological polar surface area (TPSA) is 55.4 Å². The van der Waals surface area contributed by atoms with Crippen molar-refractivity contribution in [3.05, 3.63) is 111 Å². The number of H-pyrrole nitrogens is 1. The number of nitrogens with one attached hydrogen (secondary N) is 1. The number of rotatable bonds is 7. The Bertz CT molecular complexity index is 1270. The summed E-state index contributed by atoms with van der Waals surface area (Å²) >= 11 is 12.7. The number of piperazine rings is 1. The van der Waals surface area contributed by atoms with Crippen molar-refractivity contribution in [3.8, 4) is 11.4 Å². The first-order valence-electron chi connectivity index (χ1n) is 12.3. The minimum absolute atomic E-state index is 0. The fourth-order valence-electron chi connectivity index (χ4n) is 5.03. The largest absolute Gasteiger partial charge is 0.385 e. The van der Waals surface area contributed by atoms with E-state index in [1.54, 1.807) is 0 Å². The lowest BCUT2D eigenvalue weighted by Crippen LogP contribution is -2.48. The Kier molecular flexibility index (Phi) is 13.1. The smallest absolute Gasteiger partial charge is 0.137 e. The standard InChI is InChI=1S/C29H30Cl2N4O.3ClH/c1-20-27(33-29(32-20)21-7-3-2-4-8-21)26(36)19-34-13-15-35(16-14-34)28(22-9-5-11-24(30)17-22)23-10-6-12-25(31)18-23;;;/h2-12,17-18,26,28,36H,13-16,19H2,1H3,(H,32,33);3*1H. The van der Waals surface area contributed by atoms with E-state index in [9.17, 15) is 5.11 Å². The summed E-state index contributed by atoms with van der Waals surface area (Å²) in [7, 11) is 0. The van der Waals surface area contributed by atoms with Crippen LogP contribution < -0.4 is 0 Å². The van der Waals surface area contributed by atoms with E-state index in [1.807, 2.05) is 73.7 Å². The molecule has 0 saturated carbocycles. The SMILES string of the molecule is Cc1[nH]c(-c2ccccc2)nc1C(O)CN1CCN(C(c2cccc(Cl)c2)c2cccc(Cl)c2)CC1.Cl.Cl.Cl. The Hall–Kier alpha value is -1.80. The van der Waals surface area contributed by atoms with Crippen molar-refractivity contribution >= 4 is 60.4 Å². The number of aryl methyl sites for hydroxylation is 1. The van der Waals surface area contributed by atoms with Gasteiger partial charge in [-0.15, -0.1) is 37.2 Å². The quantitative estimate of drug-likeness (QED) is 0.224. The minimum atomic E-state index is -0.651. The predicted molar refractivity (Wildman–Crippen MR) is 168 cm³/mol. The third-order valence-corrected chi connectivity index (χ3v) is 7.29. The van der Waals surface area contributed by atoms with Gasteiger partial charge in [-0.25, -0.2) is 4.98 Å². The van der Waals surface area contributed by atoms with Crippen molar-refractivity contribution in [3.63, 3.8) is 0 Å². The average Bonchev–Trinajstić information content (AvgIpc) is 3.28. The van der Waals surface area contributed by atoms with Gasteiger partial charge in [-0.3, -0.25) is 9.80 Å². The lowest BCUT2D eigenvalue weighted by Gasteiger charge is -2.40. The molecular weight excluding hydrogens is 598 g/mol. The summed E-state index contributed by atoms with van der Waals surface area (Å²) < 4.78 is 0. The number of nitrogens with zero attached hydrogens (tertiary/aromatic N) is 3. The molecule has 5 nitrogen and oxygen atoms in total. The molecular formula is C29H33Cl5N4O. The Labute approximate surface area is 258 Å². The van der Waals surface area contributed by atoms with Crippen molar-refractivity contribution in [2.45, 2.75) is 19.1 Å². The van der Waals surface area contributed by atoms with Crippen LogP contribution >= 0.6 is 60.4 Å². The van der Waals surface area contributed by atoms with Gasteiger partial charge >= 0.3 is 0 Å². The molecule has 4 aromatic rings. The molecule has 1 aliphatic heterocycles. The summed E-state index contributed by atoms with van der Waals surface area (Å²) in [5.41, 5.74) is 4.94. The highest BCUT2D eigenvalue weighted by molar-refractivity contribution is 6.31. The van der Waals surface area contributed by atoms with Crippen LogP contribution in [0.25, 0.3) is 11.4 Å². The first kappa shape index (κ1) is 33.4. The van der Waals surface area contributed by atoms with Crippen LogP contribution in [0, 0.1) is 6.92 Å². The maximum absolute atomic E-state index is 11.0. The third-order valence-electron chi connectivity index (χ3n) is 6.82. The summed E-state index contributed by atoms with van der Waals surface area (Å²) in [6.45, 7) is 5.95. The number of aromatic nitrogens is 2. The van der Waals surface area contributed by atoms with E-state index >= 15 is 0 Å². The van der Waals surface area contributed by atoms with E-state index in [0.717, 1.165) is 64.4 Å². The van der Waals surface area contributed by atoms with Gasteiger partial charge in [-0.05, 0) is 42.3 Å². The van der Waals surface area contributed by atoms with Gasteiger partial charge in [0.05, 0.1) is 11.7 Å². The molecule has 1 aromatic heterocycles. The summed E-state index contributed by atoms with van der Waals surface area (Å²) in [5, 5.41) is 12.5. The molecule has 5 rings (SSSR count). The number of halogens is 5. The van der Waals surface area contributed by atoms with Gasteiger partial charge in [-0.1, -0.05) is 77.8 Å². The molecule has 0 aliphatic carbocycles. The van der Waals surface area contributed by atoms with Gasteiger partial charge < -0.3 is 10.1 Å². The van der Waals surface area contributed by atoms with Crippen molar-refractivity contribution < 1.29 is 5.11 Å². The molecule has 210 valence electrons. The van der Waals surface area contributed by atoms with Gasteiger partial charge in [0.1, 0.15) is 11.9 Å². The Morgan fingerprint density at radius 2 is 1.38 bits per heavy atom. The molecule has 0 radical (unpaired) electrons. The molecule has 1 fully saturated rings. The fourth-order valence-corrected chi connectivity index (χ4v) is 5.43. The van der Waals surface area contributed by atoms with Crippen molar-refractivity contribution in [1.29, 1.82) is 0 Å². The normalized spacial score (nSPS) is 14.7. The van der Waals surface area contributed by atoms with E-state index in [-0.39, 0.29) is 43.3 Å². The third kappa shape index (κ3) is 8.12. The number of β-amino-alcohol motifs (C(OH)–C–C–N with tert-alkyl or cyclic N) is 1. The Morgan fingerprint density at radius 3 is 1.92 bits per heavy atom. The lowest BCUT2D eigenvalue weighted by atomic mass is 9.96. The van der Waals surface area contributed by atoms with Crippen molar-refractivity contribution in [2.24, 2.45) is 0 Å². The monoisotopic (exact) mass is 628 g/mol. The Balaban J connectivity index is 0.00000178. The van der Waals surface area contributed by atoms with Crippen molar-refractivity contribution in [1.82, 2.24) is 19.8 Å². The second-order valence-corrected chi connectivity index (χ2v) is 10.2. The number of hydrogen-bond donors (Lipinski definition) is 2. The van der Waals surface area contributed by atoms with Gasteiger partial charge in [0.2, 0.25) is 0 Å². The second kappa shape index (κ2) is 15.3. The van der Waals surface area contributed by atoms with Gasteiger partial charge in [0.25, 0.3) is 0 Å². The number of aliphatic hydroxyl groups is 1. The number of benzene rings is 3. The van der Waals surface area contributed by atoms with Crippen LogP contribution in [0.3, 0.4) is 0 Å². The van der Waals surface area contributed by atoms with E-state index < -0.39 is 6.10 Å². The van der Waals surface area contributed by atoms with Crippen LogP contribution in [0.15, 0.2) is 78.9 Å². The molecule has 1 saturated heterocycles. The number of imidazole rings is 1. The molecule has 3 aromatic carbocycles. The lowest BCUT2D eigenvalue weighted by molar-refractivity contribution is 0.0606. The molecule has 0 bridgehead atoms. The molecule has 1 aliphatic rings. The molecule has 2 heterocycles. The minimum Gasteiger partial charge on any atom is -0.385 e. The number of hydrogen-bond acceptors (Lipinski definition) is 4. The van der Waals surface area contributed by atoms with Crippen LogP contribution in [-0.2, 0) is 0 Å². The van der Waals surface area contributed by atoms with Crippen LogP contribution in [-0.4, -0.2) is 57.6 Å². The van der Waals surface area contributed by atoms with E-state index in [2.05, 4.69) is 26.9 Å². The van der Waals surface area contributed by atoms with Crippen LogP contribution in [0.1, 0.15) is 34.7 Å². The van der Waals surface area contributed by atoms with Gasteiger partial charge in [0, 0.05) is 54.0 Å². The fraction of sp³-hybridized carbons (Fsp3) is 0.276. The van der Waals surface area contributed by atoms with Crippen LogP contribution in [0.4, 0.5) is 0 Å². The second-order valence-electron chi connectivity index (χ2n) is 9.33. The van der Waals surface area contributed by atoms with Crippen LogP contribution in [0.5, 0.6) is 0 Å². The molecule has 1 atom stereocenters. The van der Waals surface area contributed by atoms with Gasteiger partial charge in [-0.2, -0.15) is 0 Å². The summed E-state index contributed by atoms with van der Waals surface area (Å²) in [5.74, 6) is 0.790. The summed E-state index contributed by atoms with van der Waals surface area (Å²) in [4.78, 5) is 12.8. The molecule has 10 heteroatoms. The Morgan fingerprint density at radius 1 is 0.821 bits per heavy atom. The first-order chi connectivity index (χ1) is 17.5. The summed E-state index contributed by atoms with van der Waals surface area (Å²) in [6, 6.07) is 26.2. The molecule has 0 spiro atoms. The molecule has 1 unspecified atom stereocenters. The number of aliphatic hydroxyl groups excluding tert-OH is 1. The molecule has 0 amide bonds. The zero-order valence-electron chi connectivity index (χ0n) is 21.5. The maximum Gasteiger partial charge on any atom is 0.137 e. The molecule has 2 N–H and O–H groups in total. The highest BCUT2D eigenvalue weighted by atomic mass is 35.5. The predicted octanol–water partition coefficient (Wildman–Crippen LogP) is 7.40. The highest BCUT2D eigenvalue weighted by Crippen LogP contribution is 2.32.